The van der Waals surface area contributed by atoms with E-state index in [1.54, 1.807) is 19.0 Å². The van der Waals surface area contributed by atoms with Crippen LogP contribution in [-0.2, 0) is 12.8 Å². The Morgan fingerprint density at radius 3 is 2.52 bits per heavy atom. The van der Waals surface area contributed by atoms with Crippen LogP contribution in [0.4, 0.5) is 5.82 Å². The summed E-state index contributed by atoms with van der Waals surface area (Å²) in [4.78, 5) is 20.8. The zero-order valence-electron chi connectivity index (χ0n) is 17.1. The monoisotopic (exact) mass is 385 g/mol. The molecular weight excluding hydrogens is 358 g/mol. The van der Waals surface area contributed by atoms with Crippen molar-refractivity contribution in [3.8, 4) is 11.1 Å². The highest BCUT2D eigenvalue weighted by atomic mass is 16.2. The molecule has 0 atom stereocenters. The maximum Gasteiger partial charge on any atom is 0.253 e. The maximum atomic E-state index is 12.1. The predicted octanol–water partition coefficient (Wildman–Crippen LogP) is 4.45. The summed E-state index contributed by atoms with van der Waals surface area (Å²) in [5, 5.41) is 0. The van der Waals surface area contributed by atoms with Gasteiger partial charge in [0, 0.05) is 44.5 Å². The lowest BCUT2D eigenvalue weighted by molar-refractivity contribution is 0.0827. The Hall–Kier alpha value is -3.14. The number of benzene rings is 2. The molecular formula is C25H27N3O. The van der Waals surface area contributed by atoms with Gasteiger partial charge in [0.25, 0.3) is 5.91 Å². The van der Waals surface area contributed by atoms with Gasteiger partial charge in [-0.2, -0.15) is 0 Å². The van der Waals surface area contributed by atoms with E-state index in [1.165, 1.54) is 11.1 Å². The van der Waals surface area contributed by atoms with E-state index in [1.807, 2.05) is 30.5 Å². The number of hydrogen-bond acceptors (Lipinski definition) is 3. The van der Waals surface area contributed by atoms with Gasteiger partial charge in [-0.1, -0.05) is 42.5 Å². The second-order valence-electron chi connectivity index (χ2n) is 7.81. The molecule has 0 saturated carbocycles. The van der Waals surface area contributed by atoms with Crippen LogP contribution >= 0.6 is 0 Å². The number of amides is 1. The SMILES string of the molecule is CN(C)C(=O)c1ccc(-c2cnc3c(c2)CCN3CCCc2ccccc2)cc1. The van der Waals surface area contributed by atoms with Gasteiger partial charge in [-0.3, -0.25) is 4.79 Å². The molecule has 1 aromatic heterocycles. The molecule has 0 radical (unpaired) electrons. The van der Waals surface area contributed by atoms with Crippen LogP contribution in [0.3, 0.4) is 0 Å². The molecule has 0 saturated heterocycles. The van der Waals surface area contributed by atoms with Crippen molar-refractivity contribution < 1.29 is 4.79 Å². The first kappa shape index (κ1) is 19.2. The standard InChI is InChI=1S/C25H27N3O/c1-27(2)25(29)21-12-10-20(11-13-21)23-17-22-14-16-28(24(22)26-18-23)15-6-9-19-7-4-3-5-8-19/h3-5,7-8,10-13,17-18H,6,9,14-16H2,1-2H3. The van der Waals surface area contributed by atoms with Crippen LogP contribution in [-0.4, -0.2) is 43.0 Å². The van der Waals surface area contributed by atoms with Gasteiger partial charge in [-0.15, -0.1) is 0 Å². The Balaban J connectivity index is 1.42. The first-order valence-corrected chi connectivity index (χ1v) is 10.2. The number of aromatic nitrogens is 1. The normalized spacial score (nSPS) is 12.7. The van der Waals surface area contributed by atoms with Crippen molar-refractivity contribution in [2.45, 2.75) is 19.3 Å². The summed E-state index contributed by atoms with van der Waals surface area (Å²) in [7, 11) is 3.54. The van der Waals surface area contributed by atoms with Crippen LogP contribution in [0.5, 0.6) is 0 Å². The molecule has 2 heterocycles. The quantitative estimate of drug-likeness (QED) is 0.629. The van der Waals surface area contributed by atoms with Gasteiger partial charge in [-0.05, 0) is 54.2 Å². The lowest BCUT2D eigenvalue weighted by Gasteiger charge is -2.18. The topological polar surface area (TPSA) is 36.4 Å². The molecule has 0 spiro atoms. The van der Waals surface area contributed by atoms with Crippen molar-refractivity contribution in [1.82, 2.24) is 9.88 Å². The summed E-state index contributed by atoms with van der Waals surface area (Å²) in [5.41, 5.74) is 5.62. The average molecular weight is 386 g/mol. The van der Waals surface area contributed by atoms with Crippen LogP contribution in [0.1, 0.15) is 27.9 Å². The number of hydrogen-bond donors (Lipinski definition) is 0. The Morgan fingerprint density at radius 2 is 1.79 bits per heavy atom. The molecule has 4 rings (SSSR count). The highest BCUT2D eigenvalue weighted by Crippen LogP contribution is 2.30. The van der Waals surface area contributed by atoms with E-state index in [9.17, 15) is 4.79 Å². The minimum Gasteiger partial charge on any atom is -0.356 e. The predicted molar refractivity (Wildman–Crippen MR) is 118 cm³/mol. The van der Waals surface area contributed by atoms with Gasteiger partial charge >= 0.3 is 0 Å². The third-order valence-electron chi connectivity index (χ3n) is 5.50. The van der Waals surface area contributed by atoms with Crippen molar-refractivity contribution in [2.24, 2.45) is 0 Å². The summed E-state index contributed by atoms with van der Waals surface area (Å²) in [6, 6.07) is 20.7. The number of carbonyl (C=O) groups is 1. The summed E-state index contributed by atoms with van der Waals surface area (Å²) >= 11 is 0. The Morgan fingerprint density at radius 1 is 1.03 bits per heavy atom. The molecule has 4 heteroatoms. The van der Waals surface area contributed by atoms with Gasteiger partial charge in [0.15, 0.2) is 0 Å². The maximum absolute atomic E-state index is 12.1. The molecule has 1 aliphatic rings. The van der Waals surface area contributed by atoms with Crippen LogP contribution in [0.2, 0.25) is 0 Å². The summed E-state index contributed by atoms with van der Waals surface area (Å²) in [5.74, 6) is 1.15. The number of nitrogens with zero attached hydrogens (tertiary/aromatic N) is 3. The molecule has 148 valence electrons. The summed E-state index contributed by atoms with van der Waals surface area (Å²) < 4.78 is 0. The molecule has 2 aromatic carbocycles. The van der Waals surface area contributed by atoms with E-state index >= 15 is 0 Å². The van der Waals surface area contributed by atoms with Gasteiger partial charge in [0.1, 0.15) is 5.82 Å². The van der Waals surface area contributed by atoms with E-state index in [0.717, 1.165) is 49.3 Å². The molecule has 0 fully saturated rings. The number of carbonyl (C=O) groups excluding carboxylic acids is 1. The number of pyridine rings is 1. The van der Waals surface area contributed by atoms with E-state index in [2.05, 4.69) is 41.3 Å². The van der Waals surface area contributed by atoms with Crippen molar-refractivity contribution in [3.63, 3.8) is 0 Å². The third kappa shape index (κ3) is 4.32. The smallest absolute Gasteiger partial charge is 0.253 e. The molecule has 29 heavy (non-hydrogen) atoms. The minimum absolute atomic E-state index is 0.0229. The largest absolute Gasteiger partial charge is 0.356 e. The fraction of sp³-hybridized carbons (Fsp3) is 0.280. The number of aryl methyl sites for hydroxylation is 1. The van der Waals surface area contributed by atoms with Crippen LogP contribution in [0.15, 0.2) is 66.9 Å². The average Bonchev–Trinajstić information content (AvgIpc) is 3.16. The Kier molecular flexibility index (Phi) is 5.61. The molecule has 0 N–H and O–H groups in total. The zero-order valence-corrected chi connectivity index (χ0v) is 17.1. The number of anilines is 1. The van der Waals surface area contributed by atoms with Crippen molar-refractivity contribution >= 4 is 11.7 Å². The van der Waals surface area contributed by atoms with E-state index < -0.39 is 0 Å². The van der Waals surface area contributed by atoms with Crippen LogP contribution < -0.4 is 4.90 Å². The zero-order chi connectivity index (χ0) is 20.2. The van der Waals surface area contributed by atoms with E-state index in [4.69, 9.17) is 4.98 Å². The lowest BCUT2D eigenvalue weighted by atomic mass is 10.0. The van der Waals surface area contributed by atoms with Crippen molar-refractivity contribution in [2.75, 3.05) is 32.1 Å². The fourth-order valence-electron chi connectivity index (χ4n) is 3.89. The highest BCUT2D eigenvalue weighted by molar-refractivity contribution is 5.94. The van der Waals surface area contributed by atoms with Gasteiger partial charge in [0.05, 0.1) is 0 Å². The van der Waals surface area contributed by atoms with E-state index in [0.29, 0.717) is 5.56 Å². The van der Waals surface area contributed by atoms with Gasteiger partial charge in [-0.25, -0.2) is 4.98 Å². The molecule has 3 aromatic rings. The van der Waals surface area contributed by atoms with Crippen LogP contribution in [0.25, 0.3) is 11.1 Å². The Bertz CT molecular complexity index is 981. The molecule has 0 aliphatic carbocycles. The molecule has 1 aliphatic heterocycles. The lowest BCUT2D eigenvalue weighted by Crippen LogP contribution is -2.22. The third-order valence-corrected chi connectivity index (χ3v) is 5.50. The van der Waals surface area contributed by atoms with Crippen molar-refractivity contribution in [3.05, 3.63) is 83.6 Å². The Labute approximate surface area is 172 Å². The first-order chi connectivity index (χ1) is 14.1. The highest BCUT2D eigenvalue weighted by Gasteiger charge is 2.20. The van der Waals surface area contributed by atoms with E-state index in [-0.39, 0.29) is 5.91 Å². The number of rotatable bonds is 6. The number of fused-ring (bicyclic) bond motifs is 1. The van der Waals surface area contributed by atoms with Gasteiger partial charge in [0.2, 0.25) is 0 Å². The van der Waals surface area contributed by atoms with Crippen LogP contribution in [0, 0.1) is 0 Å². The molecule has 1 amide bonds. The minimum atomic E-state index is 0.0229. The molecule has 0 unspecified atom stereocenters. The van der Waals surface area contributed by atoms with Gasteiger partial charge < -0.3 is 9.80 Å². The summed E-state index contributed by atoms with van der Waals surface area (Å²) in [6.45, 7) is 2.08. The summed E-state index contributed by atoms with van der Waals surface area (Å²) in [6.07, 6.45) is 5.23. The second kappa shape index (κ2) is 8.48. The molecule has 4 nitrogen and oxygen atoms in total. The first-order valence-electron chi connectivity index (χ1n) is 10.2. The molecule has 0 bridgehead atoms. The second-order valence-corrected chi connectivity index (χ2v) is 7.81. The fourth-order valence-corrected chi connectivity index (χ4v) is 3.89. The van der Waals surface area contributed by atoms with Crippen molar-refractivity contribution in [1.29, 1.82) is 0 Å².